The second kappa shape index (κ2) is 6.44. The van der Waals surface area contributed by atoms with Gasteiger partial charge in [-0.15, -0.1) is 5.10 Å². The van der Waals surface area contributed by atoms with Crippen molar-refractivity contribution in [2.24, 2.45) is 0 Å². The van der Waals surface area contributed by atoms with E-state index < -0.39 is 9.84 Å². The molecule has 0 bridgehead atoms. The van der Waals surface area contributed by atoms with Gasteiger partial charge in [0.15, 0.2) is 9.84 Å². The maximum Gasteiger partial charge on any atom is 0.255 e. The first-order valence-corrected chi connectivity index (χ1v) is 9.19. The number of nitrogens with zero attached hydrogens (tertiary/aromatic N) is 4. The molecule has 1 heterocycles. The lowest BCUT2D eigenvalue weighted by molar-refractivity contribution is 0.102. The summed E-state index contributed by atoms with van der Waals surface area (Å²) >= 11 is 0. The van der Waals surface area contributed by atoms with E-state index in [1.165, 1.54) is 23.1 Å². The Labute approximate surface area is 144 Å². The van der Waals surface area contributed by atoms with Crippen molar-refractivity contribution in [2.75, 3.05) is 11.6 Å². The monoisotopic (exact) mass is 357 g/mol. The predicted molar refractivity (Wildman–Crippen MR) is 91.4 cm³/mol. The number of aromatic nitrogens is 4. The number of tetrazole rings is 1. The summed E-state index contributed by atoms with van der Waals surface area (Å²) in [7, 11) is -3.38. The van der Waals surface area contributed by atoms with Crippen LogP contribution in [0, 0.1) is 6.92 Å². The molecule has 1 amide bonds. The molecular weight excluding hydrogens is 342 g/mol. The quantitative estimate of drug-likeness (QED) is 0.760. The average molecular weight is 357 g/mol. The van der Waals surface area contributed by atoms with E-state index in [1.54, 1.807) is 37.3 Å². The molecule has 0 saturated carbocycles. The molecule has 25 heavy (non-hydrogen) atoms. The van der Waals surface area contributed by atoms with Crippen molar-refractivity contribution in [3.05, 3.63) is 59.9 Å². The van der Waals surface area contributed by atoms with Crippen LogP contribution in [0.3, 0.4) is 0 Å². The van der Waals surface area contributed by atoms with Gasteiger partial charge < -0.3 is 5.32 Å². The van der Waals surface area contributed by atoms with E-state index >= 15 is 0 Å². The molecule has 1 N–H and O–H groups in total. The Morgan fingerprint density at radius 2 is 1.84 bits per heavy atom. The number of anilines is 1. The molecule has 0 aliphatic heterocycles. The topological polar surface area (TPSA) is 107 Å². The first-order chi connectivity index (χ1) is 11.8. The van der Waals surface area contributed by atoms with Gasteiger partial charge in [-0.3, -0.25) is 4.79 Å². The van der Waals surface area contributed by atoms with E-state index in [2.05, 4.69) is 20.8 Å². The molecule has 8 nitrogen and oxygen atoms in total. The van der Waals surface area contributed by atoms with Crippen LogP contribution in [0.25, 0.3) is 5.69 Å². The summed E-state index contributed by atoms with van der Waals surface area (Å²) in [6, 6.07) is 11.4. The first-order valence-electron chi connectivity index (χ1n) is 7.30. The Balaban J connectivity index is 1.83. The molecule has 3 rings (SSSR count). The minimum atomic E-state index is -3.38. The van der Waals surface area contributed by atoms with Crippen molar-refractivity contribution in [2.45, 2.75) is 11.8 Å². The zero-order valence-corrected chi connectivity index (χ0v) is 14.4. The molecule has 0 saturated heterocycles. The highest BCUT2D eigenvalue weighted by molar-refractivity contribution is 7.90. The molecule has 0 aliphatic carbocycles. The number of hydrogen-bond donors (Lipinski definition) is 1. The lowest BCUT2D eigenvalue weighted by Gasteiger charge is -2.10. The highest BCUT2D eigenvalue weighted by atomic mass is 32.2. The number of carbonyl (C=O) groups is 1. The second-order valence-corrected chi connectivity index (χ2v) is 7.52. The van der Waals surface area contributed by atoms with Crippen LogP contribution >= 0.6 is 0 Å². The van der Waals surface area contributed by atoms with Gasteiger partial charge in [0.25, 0.3) is 5.91 Å². The zero-order valence-electron chi connectivity index (χ0n) is 13.5. The molecule has 0 aliphatic rings. The third kappa shape index (κ3) is 3.72. The fourth-order valence-corrected chi connectivity index (χ4v) is 2.90. The maximum absolute atomic E-state index is 12.5. The molecule has 1 aromatic heterocycles. The molecule has 9 heteroatoms. The Hall–Kier alpha value is -3.07. The fraction of sp³-hybridized carbons (Fsp3) is 0.125. The van der Waals surface area contributed by atoms with Crippen molar-refractivity contribution in [3.63, 3.8) is 0 Å². The number of amides is 1. The summed E-state index contributed by atoms with van der Waals surface area (Å²) in [4.78, 5) is 12.6. The largest absolute Gasteiger partial charge is 0.322 e. The molecule has 0 atom stereocenters. The SMILES string of the molecule is Cc1ccc(S(C)(=O)=O)cc1C(=O)Nc1ccc(-n2cnnn2)cc1. The van der Waals surface area contributed by atoms with Crippen molar-refractivity contribution in [1.29, 1.82) is 0 Å². The molecule has 0 fully saturated rings. The highest BCUT2D eigenvalue weighted by Gasteiger charge is 2.14. The van der Waals surface area contributed by atoms with Crippen molar-refractivity contribution in [3.8, 4) is 5.69 Å². The van der Waals surface area contributed by atoms with Crippen LogP contribution in [0.4, 0.5) is 5.69 Å². The summed E-state index contributed by atoms with van der Waals surface area (Å²) in [5.41, 5.74) is 2.33. The molecule has 3 aromatic rings. The number of sulfone groups is 1. The van der Waals surface area contributed by atoms with Crippen molar-refractivity contribution >= 4 is 21.4 Å². The fourth-order valence-electron chi connectivity index (χ4n) is 2.25. The summed E-state index contributed by atoms with van der Waals surface area (Å²) in [6.07, 6.45) is 2.57. The zero-order chi connectivity index (χ0) is 18.0. The van der Waals surface area contributed by atoms with Crippen LogP contribution in [0.5, 0.6) is 0 Å². The number of aryl methyl sites for hydroxylation is 1. The molecule has 0 spiro atoms. The number of benzene rings is 2. The Kier molecular flexibility index (Phi) is 4.32. The first kappa shape index (κ1) is 16.8. The smallest absolute Gasteiger partial charge is 0.255 e. The van der Waals surface area contributed by atoms with Crippen LogP contribution < -0.4 is 5.32 Å². The van der Waals surface area contributed by atoms with Crippen molar-refractivity contribution in [1.82, 2.24) is 20.2 Å². The van der Waals surface area contributed by atoms with E-state index in [4.69, 9.17) is 0 Å². The van der Waals surface area contributed by atoms with Gasteiger partial charge in [-0.05, 0) is 59.3 Å². The van der Waals surface area contributed by atoms with Crippen LogP contribution in [0.2, 0.25) is 0 Å². The van der Waals surface area contributed by atoms with Gasteiger partial charge >= 0.3 is 0 Å². The summed E-state index contributed by atoms with van der Waals surface area (Å²) in [5.74, 6) is -0.377. The number of hydrogen-bond acceptors (Lipinski definition) is 6. The minimum Gasteiger partial charge on any atom is -0.322 e. The summed E-state index contributed by atoms with van der Waals surface area (Å²) in [5, 5.41) is 13.7. The highest BCUT2D eigenvalue weighted by Crippen LogP contribution is 2.18. The molecule has 128 valence electrons. The maximum atomic E-state index is 12.5. The predicted octanol–water partition coefficient (Wildman–Crippen LogP) is 1.63. The summed E-state index contributed by atoms with van der Waals surface area (Å²) in [6.45, 7) is 1.75. The Morgan fingerprint density at radius 3 is 2.44 bits per heavy atom. The van der Waals surface area contributed by atoms with Crippen LogP contribution in [0.1, 0.15) is 15.9 Å². The van der Waals surface area contributed by atoms with Crippen LogP contribution in [-0.4, -0.2) is 40.8 Å². The third-order valence-electron chi connectivity index (χ3n) is 3.62. The summed E-state index contributed by atoms with van der Waals surface area (Å²) < 4.78 is 24.8. The Morgan fingerprint density at radius 1 is 1.12 bits per heavy atom. The van der Waals surface area contributed by atoms with Crippen molar-refractivity contribution < 1.29 is 13.2 Å². The molecular formula is C16H15N5O3S. The Bertz CT molecular complexity index is 1010. The van der Waals surface area contributed by atoms with E-state index in [0.29, 0.717) is 16.8 Å². The normalized spacial score (nSPS) is 11.3. The molecule has 0 unspecified atom stereocenters. The molecule has 2 aromatic carbocycles. The number of nitrogens with one attached hydrogen (secondary N) is 1. The standard InChI is InChI=1S/C16H15N5O3S/c1-11-3-8-14(25(2,23)24)9-15(11)16(22)18-12-4-6-13(7-5-12)21-10-17-19-20-21/h3-10H,1-2H3,(H,18,22). The van der Waals surface area contributed by atoms with Gasteiger partial charge in [0.1, 0.15) is 6.33 Å². The van der Waals surface area contributed by atoms with Crippen LogP contribution in [0.15, 0.2) is 53.7 Å². The van der Waals surface area contributed by atoms with Gasteiger partial charge in [0.2, 0.25) is 0 Å². The average Bonchev–Trinajstić information content (AvgIpc) is 3.09. The van der Waals surface area contributed by atoms with Gasteiger partial charge in [-0.25, -0.2) is 13.1 Å². The number of carbonyl (C=O) groups excluding carboxylic acids is 1. The van der Waals surface area contributed by atoms with Crippen LogP contribution in [-0.2, 0) is 9.84 Å². The lowest BCUT2D eigenvalue weighted by atomic mass is 10.1. The van der Waals surface area contributed by atoms with E-state index in [9.17, 15) is 13.2 Å². The van der Waals surface area contributed by atoms with Gasteiger partial charge in [0, 0.05) is 17.5 Å². The van der Waals surface area contributed by atoms with E-state index in [1.807, 2.05) is 0 Å². The van der Waals surface area contributed by atoms with Gasteiger partial charge in [-0.1, -0.05) is 6.07 Å². The minimum absolute atomic E-state index is 0.109. The second-order valence-electron chi connectivity index (χ2n) is 5.50. The van der Waals surface area contributed by atoms with Gasteiger partial charge in [-0.2, -0.15) is 0 Å². The number of rotatable bonds is 4. The van der Waals surface area contributed by atoms with E-state index in [-0.39, 0.29) is 10.8 Å². The molecule has 0 radical (unpaired) electrons. The third-order valence-corrected chi connectivity index (χ3v) is 4.73. The van der Waals surface area contributed by atoms with Gasteiger partial charge in [0.05, 0.1) is 10.6 Å². The van der Waals surface area contributed by atoms with E-state index in [0.717, 1.165) is 11.9 Å². The lowest BCUT2D eigenvalue weighted by Crippen LogP contribution is -2.14.